The quantitative estimate of drug-likeness (QED) is 0.454. The van der Waals surface area contributed by atoms with Gasteiger partial charge in [-0.05, 0) is 26.3 Å². The van der Waals surface area contributed by atoms with Crippen LogP contribution in [-0.4, -0.2) is 37.0 Å². The summed E-state index contributed by atoms with van der Waals surface area (Å²) in [5.41, 5.74) is 3.84. The zero-order chi connectivity index (χ0) is 20.2. The van der Waals surface area contributed by atoms with Gasteiger partial charge in [-0.1, -0.05) is 30.3 Å². The summed E-state index contributed by atoms with van der Waals surface area (Å²) in [6.45, 7) is 4.47. The van der Waals surface area contributed by atoms with Gasteiger partial charge in [0.1, 0.15) is 0 Å². The van der Waals surface area contributed by atoms with E-state index in [1.165, 1.54) is 11.3 Å². The van der Waals surface area contributed by atoms with Crippen molar-refractivity contribution in [3.63, 3.8) is 0 Å². The number of rotatable bonds is 7. The molecule has 148 valence electrons. The summed E-state index contributed by atoms with van der Waals surface area (Å²) >= 11 is 1.49. The van der Waals surface area contributed by atoms with Crippen LogP contribution in [0.4, 0.5) is 11.9 Å². The zero-order valence-corrected chi connectivity index (χ0v) is 17.0. The lowest BCUT2D eigenvalue weighted by Gasteiger charge is -2.06. The van der Waals surface area contributed by atoms with E-state index in [9.17, 15) is 4.79 Å². The Kier molecular flexibility index (Phi) is 5.48. The Labute approximate surface area is 172 Å². The van der Waals surface area contributed by atoms with Crippen molar-refractivity contribution in [2.75, 3.05) is 17.2 Å². The zero-order valence-electron chi connectivity index (χ0n) is 16.2. The van der Waals surface area contributed by atoms with Crippen molar-refractivity contribution >= 4 is 34.1 Å². The number of fused-ring (bicyclic) bond motifs is 1. The molecule has 0 saturated heterocycles. The average Bonchev–Trinajstić information content (AvgIpc) is 3.25. The van der Waals surface area contributed by atoms with E-state index in [-0.39, 0.29) is 5.91 Å². The maximum atomic E-state index is 12.2. The molecule has 0 atom stereocenters. The number of hydrogen-bond donors (Lipinski definition) is 2. The third-order valence-electron chi connectivity index (χ3n) is 4.25. The SMILES string of the molecule is Cc1cc(C)nc(NCCCC(=O)Nc2nc3scc(-c4ccccc4)n3n2)n1. The van der Waals surface area contributed by atoms with Crippen LogP contribution in [0.15, 0.2) is 41.8 Å². The van der Waals surface area contributed by atoms with Gasteiger partial charge in [-0.3, -0.25) is 10.1 Å². The Morgan fingerprint density at radius 1 is 1.07 bits per heavy atom. The van der Waals surface area contributed by atoms with Crippen LogP contribution >= 0.6 is 11.3 Å². The van der Waals surface area contributed by atoms with Crippen LogP contribution in [0.3, 0.4) is 0 Å². The highest BCUT2D eigenvalue weighted by atomic mass is 32.1. The number of aryl methyl sites for hydroxylation is 2. The fourth-order valence-electron chi connectivity index (χ4n) is 2.98. The summed E-state index contributed by atoms with van der Waals surface area (Å²) in [6, 6.07) is 11.9. The van der Waals surface area contributed by atoms with E-state index in [2.05, 4.69) is 30.7 Å². The molecule has 29 heavy (non-hydrogen) atoms. The molecule has 0 aliphatic heterocycles. The first kappa shape index (κ1) is 19.0. The molecule has 3 aromatic heterocycles. The van der Waals surface area contributed by atoms with Gasteiger partial charge in [-0.2, -0.15) is 4.98 Å². The van der Waals surface area contributed by atoms with Crippen LogP contribution in [0, 0.1) is 13.8 Å². The van der Waals surface area contributed by atoms with Crippen molar-refractivity contribution in [1.82, 2.24) is 24.6 Å². The van der Waals surface area contributed by atoms with Crippen molar-refractivity contribution in [2.24, 2.45) is 0 Å². The van der Waals surface area contributed by atoms with Gasteiger partial charge in [0.2, 0.25) is 22.8 Å². The van der Waals surface area contributed by atoms with Gasteiger partial charge >= 0.3 is 0 Å². The predicted octanol–water partition coefficient (Wildman–Crippen LogP) is 3.70. The standard InChI is InChI=1S/C20H21N7OS/c1-13-11-14(2)23-18(22-13)21-10-6-9-17(28)24-19-25-20-27(26-19)16(12-29-20)15-7-4-3-5-8-15/h3-5,7-8,11-12H,6,9-10H2,1-2H3,(H,21,22,23)(H,24,26,28). The molecule has 2 N–H and O–H groups in total. The molecule has 9 heteroatoms. The van der Waals surface area contributed by atoms with E-state index >= 15 is 0 Å². The van der Waals surface area contributed by atoms with Crippen LogP contribution in [-0.2, 0) is 4.79 Å². The predicted molar refractivity (Wildman–Crippen MR) is 114 cm³/mol. The molecule has 4 rings (SSSR count). The molecular formula is C20H21N7OS. The van der Waals surface area contributed by atoms with E-state index in [4.69, 9.17) is 0 Å². The second kappa shape index (κ2) is 8.36. The number of carbonyl (C=O) groups excluding carboxylic acids is 1. The van der Waals surface area contributed by atoms with Gasteiger partial charge in [0.25, 0.3) is 0 Å². The minimum absolute atomic E-state index is 0.118. The van der Waals surface area contributed by atoms with Crippen LogP contribution in [0.1, 0.15) is 24.2 Å². The summed E-state index contributed by atoms with van der Waals surface area (Å²) in [7, 11) is 0. The molecule has 0 bridgehead atoms. The first-order valence-electron chi connectivity index (χ1n) is 9.34. The van der Waals surface area contributed by atoms with E-state index in [1.807, 2.05) is 55.6 Å². The van der Waals surface area contributed by atoms with Crippen LogP contribution in [0.2, 0.25) is 0 Å². The van der Waals surface area contributed by atoms with E-state index in [0.717, 1.165) is 27.6 Å². The van der Waals surface area contributed by atoms with Gasteiger partial charge < -0.3 is 5.32 Å². The summed E-state index contributed by atoms with van der Waals surface area (Å²) in [6.07, 6.45) is 1.01. The topological polar surface area (TPSA) is 97.1 Å². The Morgan fingerprint density at radius 3 is 2.59 bits per heavy atom. The molecule has 4 aromatic rings. The highest BCUT2D eigenvalue weighted by Crippen LogP contribution is 2.25. The normalized spacial score (nSPS) is 11.0. The third kappa shape index (κ3) is 4.57. The van der Waals surface area contributed by atoms with E-state index < -0.39 is 0 Å². The highest BCUT2D eigenvalue weighted by molar-refractivity contribution is 7.15. The van der Waals surface area contributed by atoms with Crippen LogP contribution < -0.4 is 10.6 Å². The summed E-state index contributed by atoms with van der Waals surface area (Å²) in [4.78, 5) is 26.0. The maximum absolute atomic E-state index is 12.2. The lowest BCUT2D eigenvalue weighted by molar-refractivity contribution is -0.116. The monoisotopic (exact) mass is 407 g/mol. The molecule has 1 aromatic carbocycles. The van der Waals surface area contributed by atoms with Gasteiger partial charge in [-0.15, -0.1) is 16.4 Å². The summed E-state index contributed by atoms with van der Waals surface area (Å²) in [5, 5.41) is 12.4. The van der Waals surface area contributed by atoms with Gasteiger partial charge in [0, 0.05) is 35.3 Å². The first-order chi connectivity index (χ1) is 14.1. The van der Waals surface area contributed by atoms with Gasteiger partial charge in [0.05, 0.1) is 5.69 Å². The van der Waals surface area contributed by atoms with Crippen molar-refractivity contribution in [3.05, 3.63) is 53.2 Å². The molecule has 3 heterocycles. The number of nitrogens with one attached hydrogen (secondary N) is 2. The average molecular weight is 408 g/mol. The second-order valence-corrected chi connectivity index (χ2v) is 7.51. The molecular weight excluding hydrogens is 386 g/mol. The van der Waals surface area contributed by atoms with Crippen LogP contribution in [0.5, 0.6) is 0 Å². The van der Waals surface area contributed by atoms with Gasteiger partial charge in [0.15, 0.2) is 0 Å². The number of nitrogens with zero attached hydrogens (tertiary/aromatic N) is 5. The number of aromatic nitrogens is 5. The number of carbonyl (C=O) groups is 1. The van der Waals surface area contributed by atoms with Crippen molar-refractivity contribution < 1.29 is 4.79 Å². The molecule has 0 radical (unpaired) electrons. The Hall–Kier alpha value is -3.33. The van der Waals surface area contributed by atoms with Crippen molar-refractivity contribution in [2.45, 2.75) is 26.7 Å². The molecule has 0 spiro atoms. The number of anilines is 2. The summed E-state index contributed by atoms with van der Waals surface area (Å²) in [5.74, 6) is 0.796. The number of thiazole rings is 1. The lowest BCUT2D eigenvalue weighted by atomic mass is 10.2. The number of hydrogen-bond acceptors (Lipinski definition) is 7. The van der Waals surface area contributed by atoms with Crippen LogP contribution in [0.25, 0.3) is 16.2 Å². The van der Waals surface area contributed by atoms with Gasteiger partial charge in [-0.25, -0.2) is 14.5 Å². The molecule has 1 amide bonds. The molecule has 0 aliphatic rings. The highest BCUT2D eigenvalue weighted by Gasteiger charge is 2.13. The van der Waals surface area contributed by atoms with Crippen molar-refractivity contribution in [3.8, 4) is 11.3 Å². The molecule has 0 fully saturated rings. The fraction of sp³-hybridized carbons (Fsp3) is 0.250. The minimum atomic E-state index is -0.118. The third-order valence-corrected chi connectivity index (χ3v) is 5.06. The first-order valence-corrected chi connectivity index (χ1v) is 10.2. The second-order valence-electron chi connectivity index (χ2n) is 6.67. The molecule has 0 aliphatic carbocycles. The number of benzene rings is 1. The smallest absolute Gasteiger partial charge is 0.250 e. The Balaban J connectivity index is 1.32. The Bertz CT molecular complexity index is 1120. The maximum Gasteiger partial charge on any atom is 0.250 e. The Morgan fingerprint density at radius 2 is 1.83 bits per heavy atom. The van der Waals surface area contributed by atoms with E-state index in [0.29, 0.717) is 31.3 Å². The fourth-order valence-corrected chi connectivity index (χ4v) is 3.81. The molecule has 8 nitrogen and oxygen atoms in total. The largest absolute Gasteiger partial charge is 0.354 e. The molecule has 0 unspecified atom stereocenters. The minimum Gasteiger partial charge on any atom is -0.354 e. The molecule has 0 saturated carbocycles. The number of amides is 1. The summed E-state index contributed by atoms with van der Waals surface area (Å²) < 4.78 is 1.76. The van der Waals surface area contributed by atoms with Crippen molar-refractivity contribution in [1.29, 1.82) is 0 Å². The van der Waals surface area contributed by atoms with E-state index in [1.54, 1.807) is 4.52 Å². The lowest BCUT2D eigenvalue weighted by Crippen LogP contribution is -2.15.